The SMILES string of the molecule is NC(=S)C1(C(=O)Nc2ccc(C(F)(F)F)cc2)CCC1. The minimum Gasteiger partial charge on any atom is -0.392 e. The summed E-state index contributed by atoms with van der Waals surface area (Å²) in [5, 5.41) is 2.57. The summed E-state index contributed by atoms with van der Waals surface area (Å²) in [6, 6.07) is 4.27. The van der Waals surface area contributed by atoms with Crippen molar-refractivity contribution in [1.29, 1.82) is 0 Å². The summed E-state index contributed by atoms with van der Waals surface area (Å²) in [5.41, 5.74) is 4.28. The number of halogens is 3. The van der Waals surface area contributed by atoms with Crippen LogP contribution in [0.4, 0.5) is 18.9 Å². The standard InChI is InChI=1S/C13H13F3N2OS/c14-13(15,16)8-2-4-9(5-3-8)18-11(19)12(10(17)20)6-1-7-12/h2-5H,1,6-7H2,(H2,17,20)(H,18,19). The molecule has 20 heavy (non-hydrogen) atoms. The third kappa shape index (κ3) is 2.63. The van der Waals surface area contributed by atoms with Crippen molar-refractivity contribution in [3.8, 4) is 0 Å². The number of thiocarbonyl (C=S) groups is 1. The highest BCUT2D eigenvalue weighted by Gasteiger charge is 2.46. The molecule has 0 aliphatic heterocycles. The minimum absolute atomic E-state index is 0.133. The topological polar surface area (TPSA) is 55.1 Å². The molecule has 108 valence electrons. The first-order valence-electron chi connectivity index (χ1n) is 6.04. The van der Waals surface area contributed by atoms with Crippen molar-refractivity contribution in [2.45, 2.75) is 25.4 Å². The van der Waals surface area contributed by atoms with Gasteiger partial charge in [-0.3, -0.25) is 4.79 Å². The van der Waals surface area contributed by atoms with E-state index in [1.807, 2.05) is 0 Å². The predicted octanol–water partition coefficient (Wildman–Crippen LogP) is 3.10. The van der Waals surface area contributed by atoms with Crippen LogP contribution in [-0.2, 0) is 11.0 Å². The van der Waals surface area contributed by atoms with Gasteiger partial charge in [-0.2, -0.15) is 13.2 Å². The van der Waals surface area contributed by atoms with Crippen molar-refractivity contribution in [1.82, 2.24) is 0 Å². The molecule has 1 aliphatic rings. The van der Waals surface area contributed by atoms with E-state index in [9.17, 15) is 18.0 Å². The average Bonchev–Trinajstić information content (AvgIpc) is 2.26. The number of benzene rings is 1. The first-order valence-corrected chi connectivity index (χ1v) is 6.45. The van der Waals surface area contributed by atoms with Gasteiger partial charge < -0.3 is 11.1 Å². The van der Waals surface area contributed by atoms with Crippen molar-refractivity contribution in [3.63, 3.8) is 0 Å². The van der Waals surface area contributed by atoms with Gasteiger partial charge in [0.1, 0.15) is 0 Å². The summed E-state index contributed by atoms with van der Waals surface area (Å²) in [7, 11) is 0. The lowest BCUT2D eigenvalue weighted by atomic mass is 9.68. The first kappa shape index (κ1) is 14.8. The maximum absolute atomic E-state index is 12.4. The van der Waals surface area contributed by atoms with Crippen molar-refractivity contribution >= 4 is 28.8 Å². The molecule has 1 fully saturated rings. The summed E-state index contributed by atoms with van der Waals surface area (Å²) in [6.07, 6.45) is -2.38. The number of carbonyl (C=O) groups is 1. The van der Waals surface area contributed by atoms with Gasteiger partial charge in [0.25, 0.3) is 0 Å². The Kier molecular flexibility index (Phi) is 3.73. The Balaban J connectivity index is 2.11. The van der Waals surface area contributed by atoms with Gasteiger partial charge in [0.2, 0.25) is 5.91 Å². The third-order valence-corrected chi connectivity index (χ3v) is 3.97. The number of amides is 1. The van der Waals surface area contributed by atoms with Crippen LogP contribution >= 0.6 is 12.2 Å². The lowest BCUT2D eigenvalue weighted by Gasteiger charge is -2.39. The van der Waals surface area contributed by atoms with Gasteiger partial charge in [-0.15, -0.1) is 0 Å². The quantitative estimate of drug-likeness (QED) is 0.844. The number of anilines is 1. The molecule has 3 nitrogen and oxygen atoms in total. The molecule has 3 N–H and O–H groups in total. The molecule has 0 bridgehead atoms. The Morgan fingerprint density at radius 2 is 1.80 bits per heavy atom. The number of hydrogen-bond donors (Lipinski definition) is 2. The van der Waals surface area contributed by atoms with Gasteiger partial charge in [0.05, 0.1) is 16.0 Å². The highest BCUT2D eigenvalue weighted by molar-refractivity contribution is 7.80. The van der Waals surface area contributed by atoms with Crippen LogP contribution in [0.1, 0.15) is 24.8 Å². The molecular weight excluding hydrogens is 289 g/mol. The fourth-order valence-corrected chi connectivity index (χ4v) is 2.41. The Bertz CT molecular complexity index is 536. The van der Waals surface area contributed by atoms with Gasteiger partial charge in [-0.25, -0.2) is 0 Å². The minimum atomic E-state index is -4.39. The highest BCUT2D eigenvalue weighted by Crippen LogP contribution is 2.42. The summed E-state index contributed by atoms with van der Waals surface area (Å²) in [5.74, 6) is -0.351. The summed E-state index contributed by atoms with van der Waals surface area (Å²) < 4.78 is 37.3. The normalized spacial score (nSPS) is 17.1. The fourth-order valence-electron chi connectivity index (χ4n) is 2.11. The van der Waals surface area contributed by atoms with Crippen LogP contribution in [-0.4, -0.2) is 10.9 Å². The Morgan fingerprint density at radius 1 is 1.25 bits per heavy atom. The molecule has 1 amide bonds. The van der Waals surface area contributed by atoms with Gasteiger partial charge in [-0.1, -0.05) is 18.6 Å². The number of nitrogens with two attached hydrogens (primary N) is 1. The van der Waals surface area contributed by atoms with Crippen LogP contribution in [0.5, 0.6) is 0 Å². The molecule has 1 aromatic carbocycles. The number of alkyl halides is 3. The molecule has 1 saturated carbocycles. The molecule has 0 spiro atoms. The lowest BCUT2D eigenvalue weighted by Crippen LogP contribution is -2.50. The molecule has 0 aromatic heterocycles. The molecule has 0 radical (unpaired) electrons. The number of nitrogens with one attached hydrogen (secondary N) is 1. The van der Waals surface area contributed by atoms with E-state index in [2.05, 4.69) is 5.32 Å². The molecule has 0 unspecified atom stereocenters. The molecule has 1 aromatic rings. The second-order valence-corrected chi connectivity index (χ2v) is 5.27. The second-order valence-electron chi connectivity index (χ2n) is 4.83. The number of rotatable bonds is 3. The van der Waals surface area contributed by atoms with E-state index < -0.39 is 17.2 Å². The van der Waals surface area contributed by atoms with E-state index in [1.54, 1.807) is 0 Å². The summed E-state index contributed by atoms with van der Waals surface area (Å²) in [6.45, 7) is 0. The highest BCUT2D eigenvalue weighted by atomic mass is 32.1. The first-order chi connectivity index (χ1) is 9.25. The molecule has 0 saturated heterocycles. The van der Waals surface area contributed by atoms with E-state index in [1.165, 1.54) is 12.1 Å². The van der Waals surface area contributed by atoms with Crippen LogP contribution in [0, 0.1) is 5.41 Å². The maximum atomic E-state index is 12.4. The Labute approximate surface area is 119 Å². The summed E-state index contributed by atoms with van der Waals surface area (Å²) >= 11 is 4.91. The number of hydrogen-bond acceptors (Lipinski definition) is 2. The molecule has 0 heterocycles. The predicted molar refractivity (Wildman–Crippen MR) is 73.1 cm³/mol. The van der Waals surface area contributed by atoms with Gasteiger partial charge in [0, 0.05) is 5.69 Å². The largest absolute Gasteiger partial charge is 0.416 e. The van der Waals surface area contributed by atoms with Crippen molar-refractivity contribution < 1.29 is 18.0 Å². The van der Waals surface area contributed by atoms with Crippen LogP contribution in [0.2, 0.25) is 0 Å². The van der Waals surface area contributed by atoms with Gasteiger partial charge in [0.15, 0.2) is 0 Å². The molecule has 7 heteroatoms. The van der Waals surface area contributed by atoms with E-state index in [-0.39, 0.29) is 10.9 Å². The lowest BCUT2D eigenvalue weighted by molar-refractivity contribution is -0.137. The summed E-state index contributed by atoms with van der Waals surface area (Å²) in [4.78, 5) is 12.3. The zero-order valence-electron chi connectivity index (χ0n) is 10.5. The smallest absolute Gasteiger partial charge is 0.392 e. The second kappa shape index (κ2) is 5.05. The van der Waals surface area contributed by atoms with Crippen LogP contribution in [0.25, 0.3) is 0 Å². The van der Waals surface area contributed by atoms with Crippen LogP contribution in [0.3, 0.4) is 0 Å². The molecular formula is C13H13F3N2OS. The molecule has 1 aliphatic carbocycles. The van der Waals surface area contributed by atoms with Crippen LogP contribution < -0.4 is 11.1 Å². The van der Waals surface area contributed by atoms with E-state index in [4.69, 9.17) is 18.0 Å². The fraction of sp³-hybridized carbons (Fsp3) is 0.385. The number of carbonyl (C=O) groups excluding carboxylic acids is 1. The maximum Gasteiger partial charge on any atom is 0.416 e. The van der Waals surface area contributed by atoms with Crippen molar-refractivity contribution in [2.24, 2.45) is 11.1 Å². The van der Waals surface area contributed by atoms with E-state index in [0.717, 1.165) is 18.6 Å². The van der Waals surface area contributed by atoms with E-state index in [0.29, 0.717) is 18.5 Å². The van der Waals surface area contributed by atoms with Gasteiger partial charge >= 0.3 is 6.18 Å². The third-order valence-electron chi connectivity index (χ3n) is 3.58. The zero-order valence-corrected chi connectivity index (χ0v) is 11.3. The average molecular weight is 302 g/mol. The Hall–Kier alpha value is -1.63. The molecule has 2 rings (SSSR count). The van der Waals surface area contributed by atoms with Crippen LogP contribution in [0.15, 0.2) is 24.3 Å². The molecule has 0 atom stereocenters. The zero-order chi connectivity index (χ0) is 15.0. The van der Waals surface area contributed by atoms with Crippen molar-refractivity contribution in [2.75, 3.05) is 5.32 Å². The monoisotopic (exact) mass is 302 g/mol. The van der Waals surface area contributed by atoms with Crippen molar-refractivity contribution in [3.05, 3.63) is 29.8 Å². The Morgan fingerprint density at radius 3 is 2.15 bits per heavy atom. The van der Waals surface area contributed by atoms with Gasteiger partial charge in [-0.05, 0) is 37.1 Å². The van der Waals surface area contributed by atoms with E-state index >= 15 is 0 Å².